The lowest BCUT2D eigenvalue weighted by molar-refractivity contribution is -0.400. The molecule has 0 aliphatic rings. The summed E-state index contributed by atoms with van der Waals surface area (Å²) in [5, 5.41) is 10.6. The fourth-order valence-electron chi connectivity index (χ4n) is 1.27. The van der Waals surface area contributed by atoms with Crippen LogP contribution < -0.4 is 9.47 Å². The summed E-state index contributed by atoms with van der Waals surface area (Å²) < 4.78 is 10.5. The Morgan fingerprint density at radius 1 is 1.56 bits per heavy atom. The van der Waals surface area contributed by atoms with Crippen LogP contribution in [0.2, 0.25) is 5.02 Å². The van der Waals surface area contributed by atoms with Crippen LogP contribution in [0, 0.1) is 10.1 Å². The van der Waals surface area contributed by atoms with E-state index in [1.807, 2.05) is 0 Å². The maximum absolute atomic E-state index is 10.2. The van der Waals surface area contributed by atoms with Crippen molar-refractivity contribution in [3.63, 3.8) is 0 Å². The number of halogens is 1. The first kappa shape index (κ1) is 14.1. The van der Waals surface area contributed by atoms with Crippen LogP contribution in [-0.2, 0) is 0 Å². The van der Waals surface area contributed by atoms with Gasteiger partial charge in [0, 0.05) is 6.08 Å². The number of hydrogen-bond acceptors (Lipinski definition) is 4. The maximum atomic E-state index is 10.2. The second kappa shape index (κ2) is 6.66. The Morgan fingerprint density at radius 3 is 2.83 bits per heavy atom. The zero-order valence-corrected chi connectivity index (χ0v) is 10.5. The van der Waals surface area contributed by atoms with E-state index in [4.69, 9.17) is 21.1 Å². The number of nitro groups is 1. The lowest BCUT2D eigenvalue weighted by atomic mass is 10.2. The van der Waals surface area contributed by atoms with Crippen molar-refractivity contribution in [3.8, 4) is 11.5 Å². The molecule has 0 fully saturated rings. The lowest BCUT2D eigenvalue weighted by Gasteiger charge is -2.11. The molecule has 18 heavy (non-hydrogen) atoms. The van der Waals surface area contributed by atoms with E-state index in [9.17, 15) is 10.1 Å². The molecule has 5 nitrogen and oxygen atoms in total. The van der Waals surface area contributed by atoms with Crippen molar-refractivity contribution < 1.29 is 14.4 Å². The zero-order chi connectivity index (χ0) is 13.5. The highest BCUT2D eigenvalue weighted by Gasteiger charge is 2.11. The quantitative estimate of drug-likeness (QED) is 0.452. The molecular formula is C12H12ClNO4. The van der Waals surface area contributed by atoms with E-state index in [1.165, 1.54) is 13.2 Å². The molecule has 0 N–H and O–H groups in total. The van der Waals surface area contributed by atoms with Gasteiger partial charge in [0.15, 0.2) is 11.5 Å². The summed E-state index contributed by atoms with van der Waals surface area (Å²) >= 11 is 6.02. The average Bonchev–Trinajstić information content (AvgIpc) is 2.34. The van der Waals surface area contributed by atoms with Gasteiger partial charge >= 0.3 is 0 Å². The monoisotopic (exact) mass is 269 g/mol. The predicted octanol–water partition coefficient (Wildman–Crippen LogP) is 3.16. The SMILES string of the molecule is C=CCOc1c(Cl)cc(C=C[N+](=O)[O-])cc1OC. The number of methoxy groups -OCH3 is 1. The van der Waals surface area contributed by atoms with Crippen LogP contribution in [0.5, 0.6) is 11.5 Å². The number of hydrogen-bond donors (Lipinski definition) is 0. The number of rotatable bonds is 6. The third-order valence-electron chi connectivity index (χ3n) is 1.99. The van der Waals surface area contributed by atoms with Crippen molar-refractivity contribution in [2.24, 2.45) is 0 Å². The molecule has 0 aliphatic carbocycles. The van der Waals surface area contributed by atoms with Gasteiger partial charge in [0.25, 0.3) is 0 Å². The Balaban J connectivity index is 3.09. The van der Waals surface area contributed by atoms with E-state index in [1.54, 1.807) is 18.2 Å². The second-order valence-electron chi connectivity index (χ2n) is 3.23. The normalized spacial score (nSPS) is 10.3. The van der Waals surface area contributed by atoms with Gasteiger partial charge in [-0.3, -0.25) is 10.1 Å². The smallest absolute Gasteiger partial charge is 0.235 e. The molecule has 1 aromatic rings. The summed E-state index contributed by atoms with van der Waals surface area (Å²) in [6.45, 7) is 3.82. The molecular weight excluding hydrogens is 258 g/mol. The first-order valence-corrected chi connectivity index (χ1v) is 5.39. The van der Waals surface area contributed by atoms with Crippen LogP contribution in [-0.4, -0.2) is 18.6 Å². The van der Waals surface area contributed by atoms with E-state index >= 15 is 0 Å². The molecule has 0 radical (unpaired) electrons. The molecule has 1 rings (SSSR count). The molecule has 96 valence electrons. The summed E-state index contributed by atoms with van der Waals surface area (Å²) in [7, 11) is 1.47. The first-order chi connectivity index (χ1) is 8.58. The summed E-state index contributed by atoms with van der Waals surface area (Å²) in [6.07, 6.45) is 3.73. The van der Waals surface area contributed by atoms with Crippen LogP contribution in [0.1, 0.15) is 5.56 Å². The van der Waals surface area contributed by atoms with Crippen molar-refractivity contribution in [2.75, 3.05) is 13.7 Å². The molecule has 0 bridgehead atoms. The van der Waals surface area contributed by atoms with Crippen LogP contribution >= 0.6 is 11.6 Å². The van der Waals surface area contributed by atoms with Crippen molar-refractivity contribution in [1.82, 2.24) is 0 Å². The summed E-state index contributed by atoms with van der Waals surface area (Å²) in [4.78, 5) is 9.69. The van der Waals surface area contributed by atoms with Gasteiger partial charge in [0.2, 0.25) is 6.20 Å². The van der Waals surface area contributed by atoms with Crippen molar-refractivity contribution in [3.05, 3.63) is 51.7 Å². The Kier molecular flexibility index (Phi) is 5.20. The first-order valence-electron chi connectivity index (χ1n) is 5.01. The maximum Gasteiger partial charge on any atom is 0.235 e. The fraction of sp³-hybridized carbons (Fsp3) is 0.167. The minimum atomic E-state index is -0.553. The van der Waals surface area contributed by atoms with E-state index in [-0.39, 0.29) is 0 Å². The molecule has 0 unspecified atom stereocenters. The number of nitrogens with zero attached hydrogens (tertiary/aromatic N) is 1. The lowest BCUT2D eigenvalue weighted by Crippen LogP contribution is -1.97. The van der Waals surface area contributed by atoms with Crippen molar-refractivity contribution in [2.45, 2.75) is 0 Å². The molecule has 0 heterocycles. The highest BCUT2D eigenvalue weighted by Crippen LogP contribution is 2.36. The minimum absolute atomic E-state index is 0.292. The van der Waals surface area contributed by atoms with E-state index in [0.29, 0.717) is 28.7 Å². The van der Waals surface area contributed by atoms with E-state index in [0.717, 1.165) is 6.20 Å². The highest BCUT2D eigenvalue weighted by molar-refractivity contribution is 6.32. The average molecular weight is 270 g/mol. The fourth-order valence-corrected chi connectivity index (χ4v) is 1.54. The van der Waals surface area contributed by atoms with Crippen LogP contribution in [0.4, 0.5) is 0 Å². The summed E-state index contributed by atoms with van der Waals surface area (Å²) in [5.41, 5.74) is 0.555. The second-order valence-corrected chi connectivity index (χ2v) is 3.64. The van der Waals surface area contributed by atoms with Crippen LogP contribution in [0.15, 0.2) is 31.0 Å². The van der Waals surface area contributed by atoms with Crippen LogP contribution in [0.25, 0.3) is 6.08 Å². The number of ether oxygens (including phenoxy) is 2. The largest absolute Gasteiger partial charge is 0.493 e. The number of benzene rings is 1. The minimum Gasteiger partial charge on any atom is -0.493 e. The Bertz CT molecular complexity index is 485. The van der Waals surface area contributed by atoms with Crippen molar-refractivity contribution >= 4 is 17.7 Å². The Labute approximate surface area is 109 Å². The molecule has 0 amide bonds. The summed E-state index contributed by atoms with van der Waals surface area (Å²) in [6, 6.07) is 3.16. The van der Waals surface area contributed by atoms with Gasteiger partial charge in [0.1, 0.15) is 6.61 Å². The molecule has 6 heteroatoms. The van der Waals surface area contributed by atoms with Crippen molar-refractivity contribution in [1.29, 1.82) is 0 Å². The molecule has 1 aromatic carbocycles. The molecule has 0 saturated heterocycles. The van der Waals surface area contributed by atoms with Gasteiger partial charge in [-0.2, -0.15) is 0 Å². The predicted molar refractivity (Wildman–Crippen MR) is 69.7 cm³/mol. The van der Waals surface area contributed by atoms with Gasteiger partial charge in [-0.1, -0.05) is 24.3 Å². The standard InChI is InChI=1S/C12H12ClNO4/c1-3-6-18-12-10(13)7-9(4-5-14(15)16)8-11(12)17-2/h3-5,7-8H,1,6H2,2H3. The van der Waals surface area contributed by atoms with Gasteiger partial charge < -0.3 is 9.47 Å². The van der Waals surface area contributed by atoms with Gasteiger partial charge in [-0.25, -0.2) is 0 Å². The third-order valence-corrected chi connectivity index (χ3v) is 2.27. The Hall–Kier alpha value is -2.01. The molecule has 0 spiro atoms. The van der Waals surface area contributed by atoms with E-state index < -0.39 is 4.92 Å². The van der Waals surface area contributed by atoms with Gasteiger partial charge in [-0.15, -0.1) is 0 Å². The zero-order valence-electron chi connectivity index (χ0n) is 9.76. The third kappa shape index (κ3) is 3.78. The molecule has 0 aromatic heterocycles. The molecule has 0 aliphatic heterocycles. The van der Waals surface area contributed by atoms with E-state index in [2.05, 4.69) is 6.58 Å². The van der Waals surface area contributed by atoms with Gasteiger partial charge in [-0.05, 0) is 17.7 Å². The Morgan fingerprint density at radius 2 is 2.28 bits per heavy atom. The topological polar surface area (TPSA) is 61.6 Å². The summed E-state index contributed by atoms with van der Waals surface area (Å²) in [5.74, 6) is 0.796. The van der Waals surface area contributed by atoms with Gasteiger partial charge in [0.05, 0.1) is 17.1 Å². The van der Waals surface area contributed by atoms with Crippen LogP contribution in [0.3, 0.4) is 0 Å². The molecule has 0 saturated carbocycles. The highest BCUT2D eigenvalue weighted by atomic mass is 35.5. The molecule has 0 atom stereocenters.